The summed E-state index contributed by atoms with van der Waals surface area (Å²) in [4.78, 5) is 24.0. The largest absolute Gasteiger partial charge is 0.465 e. The molecule has 1 amide bonds. The number of carboxylic acid groups (broad SMARTS) is 1. The molecule has 1 saturated heterocycles. The lowest BCUT2D eigenvalue weighted by atomic mass is 9.84. The summed E-state index contributed by atoms with van der Waals surface area (Å²) in [5.41, 5.74) is 1.02. The first-order valence-electron chi connectivity index (χ1n) is 7.88. The van der Waals surface area contributed by atoms with Crippen LogP contribution in [0.1, 0.15) is 39.7 Å². The normalized spacial score (nSPS) is 19.4. The fourth-order valence-corrected chi connectivity index (χ4v) is 2.86. The highest BCUT2D eigenvalue weighted by atomic mass is 16.4. The average Bonchev–Trinajstić information content (AvgIpc) is 2.47. The van der Waals surface area contributed by atoms with Crippen LogP contribution in [0, 0.1) is 5.41 Å². The van der Waals surface area contributed by atoms with Crippen molar-refractivity contribution in [3.63, 3.8) is 0 Å². The fraction of sp³-hybridized carbons (Fsp3) is 0.688. The number of hydrogen-bond donors (Lipinski definition) is 1. The van der Waals surface area contributed by atoms with Crippen molar-refractivity contribution >= 4 is 12.0 Å². The van der Waals surface area contributed by atoms with Crippen LogP contribution in [0.25, 0.3) is 0 Å². The van der Waals surface area contributed by atoms with Crippen LogP contribution >= 0.6 is 0 Å². The lowest BCUT2D eigenvalue weighted by Crippen LogP contribution is -2.59. The number of carbonyl (C=O) groups is 1. The third kappa shape index (κ3) is 3.67. The Kier molecular flexibility index (Phi) is 4.88. The topological polar surface area (TPSA) is 69.6 Å². The highest BCUT2D eigenvalue weighted by molar-refractivity contribution is 5.66. The van der Waals surface area contributed by atoms with Crippen LogP contribution in [0.5, 0.6) is 0 Å². The maximum absolute atomic E-state index is 11.4. The number of aryl methyl sites for hydroxylation is 1. The Bertz CT molecular complexity index is 510. The van der Waals surface area contributed by atoms with E-state index in [1.165, 1.54) is 0 Å². The van der Waals surface area contributed by atoms with Gasteiger partial charge in [0.2, 0.25) is 5.95 Å². The van der Waals surface area contributed by atoms with Crippen LogP contribution in [0.4, 0.5) is 10.7 Å². The van der Waals surface area contributed by atoms with E-state index in [0.717, 1.165) is 18.4 Å². The van der Waals surface area contributed by atoms with Crippen molar-refractivity contribution < 1.29 is 9.90 Å². The third-order valence-corrected chi connectivity index (χ3v) is 4.14. The van der Waals surface area contributed by atoms with Crippen LogP contribution < -0.4 is 4.90 Å². The molecule has 1 unspecified atom stereocenters. The number of nitrogens with zero attached hydrogens (tertiary/aromatic N) is 4. The number of hydrogen-bond acceptors (Lipinski definition) is 4. The van der Waals surface area contributed by atoms with E-state index in [4.69, 9.17) is 0 Å². The first-order valence-corrected chi connectivity index (χ1v) is 7.88. The summed E-state index contributed by atoms with van der Waals surface area (Å²) in [6, 6.07) is -0.0716. The SMILES string of the molecule is CCCc1cnc(N2CCN(C(=O)O)C(C(C)(C)C)C2)nc1. The summed E-state index contributed by atoms with van der Waals surface area (Å²) < 4.78 is 0. The Balaban J connectivity index is 2.15. The summed E-state index contributed by atoms with van der Waals surface area (Å²) in [6.45, 7) is 10.1. The van der Waals surface area contributed by atoms with Gasteiger partial charge in [0.05, 0.1) is 6.04 Å². The zero-order chi connectivity index (χ0) is 16.3. The van der Waals surface area contributed by atoms with E-state index in [-0.39, 0.29) is 11.5 Å². The minimum Gasteiger partial charge on any atom is -0.465 e. The first-order chi connectivity index (χ1) is 10.3. The Labute approximate surface area is 132 Å². The van der Waals surface area contributed by atoms with Crippen LogP contribution in [0.3, 0.4) is 0 Å². The zero-order valence-corrected chi connectivity index (χ0v) is 13.9. The van der Waals surface area contributed by atoms with E-state index in [9.17, 15) is 9.90 Å². The molecule has 0 bridgehead atoms. The predicted octanol–water partition coefficient (Wildman–Crippen LogP) is 2.64. The van der Waals surface area contributed by atoms with Gasteiger partial charge in [-0.05, 0) is 17.4 Å². The molecule has 1 atom stereocenters. The summed E-state index contributed by atoms with van der Waals surface area (Å²) in [5.74, 6) is 0.694. The third-order valence-electron chi connectivity index (χ3n) is 4.14. The molecule has 1 aliphatic heterocycles. The van der Waals surface area contributed by atoms with Gasteiger partial charge in [0.25, 0.3) is 0 Å². The number of piperazine rings is 1. The van der Waals surface area contributed by atoms with Gasteiger partial charge in [-0.15, -0.1) is 0 Å². The van der Waals surface area contributed by atoms with Gasteiger partial charge in [-0.2, -0.15) is 0 Å². The summed E-state index contributed by atoms with van der Waals surface area (Å²) in [5, 5.41) is 9.40. The Morgan fingerprint density at radius 1 is 1.32 bits per heavy atom. The molecule has 1 N–H and O–H groups in total. The van der Waals surface area contributed by atoms with Crippen molar-refractivity contribution in [1.29, 1.82) is 0 Å². The summed E-state index contributed by atoms with van der Waals surface area (Å²) in [6.07, 6.45) is 4.96. The van der Waals surface area contributed by atoms with Crippen molar-refractivity contribution in [1.82, 2.24) is 14.9 Å². The van der Waals surface area contributed by atoms with Gasteiger partial charge in [-0.3, -0.25) is 0 Å². The molecule has 122 valence electrons. The molecule has 0 spiro atoms. The van der Waals surface area contributed by atoms with E-state index in [0.29, 0.717) is 25.6 Å². The molecule has 1 aromatic rings. The lowest BCUT2D eigenvalue weighted by molar-refractivity contribution is 0.0745. The van der Waals surface area contributed by atoms with Crippen molar-refractivity contribution in [2.24, 2.45) is 5.41 Å². The van der Waals surface area contributed by atoms with Crippen molar-refractivity contribution in [2.45, 2.75) is 46.6 Å². The zero-order valence-electron chi connectivity index (χ0n) is 13.9. The van der Waals surface area contributed by atoms with Gasteiger partial charge >= 0.3 is 6.09 Å². The Morgan fingerprint density at radius 3 is 2.45 bits per heavy atom. The number of rotatable bonds is 3. The summed E-state index contributed by atoms with van der Waals surface area (Å²) in [7, 11) is 0. The second-order valence-corrected chi connectivity index (χ2v) is 6.95. The first kappa shape index (κ1) is 16.5. The smallest absolute Gasteiger partial charge is 0.407 e. The molecule has 1 aromatic heterocycles. The molecule has 1 aliphatic rings. The maximum Gasteiger partial charge on any atom is 0.407 e. The van der Waals surface area contributed by atoms with E-state index < -0.39 is 6.09 Å². The number of anilines is 1. The van der Waals surface area contributed by atoms with Gasteiger partial charge in [-0.25, -0.2) is 14.8 Å². The average molecular weight is 306 g/mol. The van der Waals surface area contributed by atoms with Crippen LogP contribution in [-0.2, 0) is 6.42 Å². The van der Waals surface area contributed by atoms with E-state index in [2.05, 4.69) is 42.6 Å². The predicted molar refractivity (Wildman–Crippen MR) is 86.2 cm³/mol. The lowest BCUT2D eigenvalue weighted by Gasteiger charge is -2.45. The van der Waals surface area contributed by atoms with Gasteiger partial charge in [0.15, 0.2) is 0 Å². The Hall–Kier alpha value is -1.85. The molecule has 0 aliphatic carbocycles. The van der Waals surface area contributed by atoms with E-state index in [1.54, 1.807) is 4.90 Å². The molecule has 1 fully saturated rings. The van der Waals surface area contributed by atoms with Crippen molar-refractivity contribution in [3.05, 3.63) is 18.0 Å². The summed E-state index contributed by atoms with van der Waals surface area (Å²) >= 11 is 0. The standard InChI is InChI=1S/C16H26N4O2/c1-5-6-12-9-17-14(18-10-12)19-7-8-20(15(21)22)13(11-19)16(2,3)4/h9-10,13H,5-8,11H2,1-4H3,(H,21,22). The van der Waals surface area contributed by atoms with Crippen molar-refractivity contribution in [2.75, 3.05) is 24.5 Å². The van der Waals surface area contributed by atoms with E-state index in [1.807, 2.05) is 12.4 Å². The number of aromatic nitrogens is 2. The number of amides is 1. The molecule has 2 heterocycles. The molecule has 22 heavy (non-hydrogen) atoms. The van der Waals surface area contributed by atoms with E-state index >= 15 is 0 Å². The van der Waals surface area contributed by atoms with Crippen molar-refractivity contribution in [3.8, 4) is 0 Å². The van der Waals surface area contributed by atoms with Gasteiger partial charge in [-0.1, -0.05) is 34.1 Å². The highest BCUT2D eigenvalue weighted by Gasteiger charge is 2.38. The fourth-order valence-electron chi connectivity index (χ4n) is 2.86. The second kappa shape index (κ2) is 6.50. The highest BCUT2D eigenvalue weighted by Crippen LogP contribution is 2.29. The molecule has 0 saturated carbocycles. The maximum atomic E-state index is 11.4. The van der Waals surface area contributed by atoms with Crippen LogP contribution in [0.15, 0.2) is 12.4 Å². The minimum atomic E-state index is -0.848. The molecular formula is C16H26N4O2. The van der Waals surface area contributed by atoms with Gasteiger partial charge in [0.1, 0.15) is 0 Å². The molecule has 0 aromatic carbocycles. The van der Waals surface area contributed by atoms with Crippen LogP contribution in [0.2, 0.25) is 0 Å². The molecule has 6 nitrogen and oxygen atoms in total. The quantitative estimate of drug-likeness (QED) is 0.929. The minimum absolute atomic E-state index is 0.0716. The second-order valence-electron chi connectivity index (χ2n) is 6.95. The molecule has 6 heteroatoms. The Morgan fingerprint density at radius 2 is 1.95 bits per heavy atom. The van der Waals surface area contributed by atoms with Gasteiger partial charge < -0.3 is 14.9 Å². The van der Waals surface area contributed by atoms with Gasteiger partial charge in [0, 0.05) is 32.0 Å². The molecular weight excluding hydrogens is 280 g/mol. The molecule has 2 rings (SSSR count). The van der Waals surface area contributed by atoms with Crippen LogP contribution in [-0.4, -0.2) is 51.7 Å². The molecule has 0 radical (unpaired) electrons. The monoisotopic (exact) mass is 306 g/mol.